The summed E-state index contributed by atoms with van der Waals surface area (Å²) < 4.78 is 0. The van der Waals surface area contributed by atoms with Crippen LogP contribution in [0.25, 0.3) is 0 Å². The van der Waals surface area contributed by atoms with Gasteiger partial charge in [0.25, 0.3) is 0 Å². The zero-order valence-electron chi connectivity index (χ0n) is 9.47. The van der Waals surface area contributed by atoms with Crippen LogP contribution in [0.15, 0.2) is 0 Å². The molecule has 1 rings (SSSR count). The van der Waals surface area contributed by atoms with E-state index in [-0.39, 0.29) is 18.9 Å². The second-order valence-corrected chi connectivity index (χ2v) is 4.10. The van der Waals surface area contributed by atoms with Gasteiger partial charge in [-0.1, -0.05) is 0 Å². The smallest absolute Gasteiger partial charge is 0.328 e. The number of carboxylic acid groups (broad SMARTS) is 1. The molecule has 1 aliphatic heterocycles. The normalized spacial score (nSPS) is 23.4. The van der Waals surface area contributed by atoms with Crippen molar-refractivity contribution in [1.82, 2.24) is 10.6 Å². The zero-order chi connectivity index (χ0) is 13.0. The number of piperidine rings is 1. The summed E-state index contributed by atoms with van der Waals surface area (Å²) in [7, 11) is 0. The molecule has 1 aliphatic rings. The average molecular weight is 244 g/mol. The van der Waals surface area contributed by atoms with Crippen LogP contribution in [0.3, 0.4) is 0 Å². The van der Waals surface area contributed by atoms with Crippen molar-refractivity contribution in [2.45, 2.75) is 31.9 Å². The maximum Gasteiger partial charge on any atom is 0.328 e. The van der Waals surface area contributed by atoms with E-state index in [4.69, 9.17) is 5.11 Å². The van der Waals surface area contributed by atoms with Crippen molar-refractivity contribution < 1.29 is 24.6 Å². The van der Waals surface area contributed by atoms with Crippen molar-refractivity contribution >= 4 is 17.8 Å². The molecule has 0 aromatic rings. The first-order valence-electron chi connectivity index (χ1n) is 5.39. The average Bonchev–Trinajstić information content (AvgIpc) is 2.25. The summed E-state index contributed by atoms with van der Waals surface area (Å²) in [5, 5.41) is 22.8. The van der Waals surface area contributed by atoms with Gasteiger partial charge in [-0.15, -0.1) is 0 Å². The lowest BCUT2D eigenvalue weighted by molar-refractivity contribution is -0.145. The van der Waals surface area contributed by atoms with Crippen LogP contribution in [-0.2, 0) is 14.4 Å². The van der Waals surface area contributed by atoms with Crippen LogP contribution in [0.1, 0.15) is 19.8 Å². The summed E-state index contributed by atoms with van der Waals surface area (Å²) in [5.74, 6) is -2.29. The number of carbonyl (C=O) groups excluding carboxylic acids is 2. The van der Waals surface area contributed by atoms with E-state index in [2.05, 4.69) is 10.6 Å². The van der Waals surface area contributed by atoms with E-state index in [1.165, 1.54) is 6.92 Å². The third-order valence-corrected chi connectivity index (χ3v) is 2.68. The predicted octanol–water partition coefficient (Wildman–Crippen LogP) is -1.54. The molecule has 17 heavy (non-hydrogen) atoms. The lowest BCUT2D eigenvalue weighted by Crippen LogP contribution is -2.52. The van der Waals surface area contributed by atoms with Crippen LogP contribution in [0.5, 0.6) is 0 Å². The SMILES string of the molecule is CC(O)C(NC(=O)C1CCC(=O)NC1)C(=O)O. The number of carboxylic acids is 1. The molecule has 7 nitrogen and oxygen atoms in total. The van der Waals surface area contributed by atoms with Crippen molar-refractivity contribution in [3.63, 3.8) is 0 Å². The summed E-state index contributed by atoms with van der Waals surface area (Å²) in [4.78, 5) is 33.3. The fraction of sp³-hybridized carbons (Fsp3) is 0.700. The molecule has 0 saturated carbocycles. The maximum absolute atomic E-state index is 11.7. The summed E-state index contributed by atoms with van der Waals surface area (Å²) >= 11 is 0. The van der Waals surface area contributed by atoms with Crippen molar-refractivity contribution in [2.24, 2.45) is 5.92 Å². The first-order chi connectivity index (χ1) is 7.91. The van der Waals surface area contributed by atoms with E-state index in [1.807, 2.05) is 0 Å². The maximum atomic E-state index is 11.7. The highest BCUT2D eigenvalue weighted by Gasteiger charge is 2.30. The molecule has 1 saturated heterocycles. The van der Waals surface area contributed by atoms with E-state index in [0.29, 0.717) is 6.42 Å². The minimum Gasteiger partial charge on any atom is -0.480 e. The van der Waals surface area contributed by atoms with Crippen LogP contribution in [-0.4, -0.2) is 46.7 Å². The Morgan fingerprint density at radius 2 is 2.18 bits per heavy atom. The van der Waals surface area contributed by atoms with Gasteiger partial charge in [-0.25, -0.2) is 4.79 Å². The van der Waals surface area contributed by atoms with Crippen molar-refractivity contribution in [1.29, 1.82) is 0 Å². The molecule has 1 fully saturated rings. The van der Waals surface area contributed by atoms with Crippen LogP contribution in [0.4, 0.5) is 0 Å². The number of hydrogen-bond donors (Lipinski definition) is 4. The molecule has 2 amide bonds. The molecule has 1 heterocycles. The number of aliphatic carboxylic acids is 1. The van der Waals surface area contributed by atoms with Gasteiger partial charge in [-0.05, 0) is 13.3 Å². The highest BCUT2D eigenvalue weighted by molar-refractivity contribution is 5.87. The number of rotatable bonds is 4. The van der Waals surface area contributed by atoms with E-state index >= 15 is 0 Å². The molecular weight excluding hydrogens is 228 g/mol. The minimum atomic E-state index is -1.32. The quantitative estimate of drug-likeness (QED) is 0.478. The molecule has 0 aliphatic carbocycles. The third kappa shape index (κ3) is 3.70. The van der Waals surface area contributed by atoms with Gasteiger partial charge in [0, 0.05) is 13.0 Å². The highest BCUT2D eigenvalue weighted by atomic mass is 16.4. The minimum absolute atomic E-state index is 0.112. The number of carbonyl (C=O) groups is 3. The Bertz CT molecular complexity index is 319. The molecule has 4 N–H and O–H groups in total. The summed E-state index contributed by atoms with van der Waals surface area (Å²) in [6, 6.07) is -1.32. The Labute approximate surface area is 98.2 Å². The van der Waals surface area contributed by atoms with E-state index in [9.17, 15) is 19.5 Å². The molecule has 3 atom stereocenters. The molecule has 7 heteroatoms. The van der Waals surface area contributed by atoms with Gasteiger partial charge in [-0.2, -0.15) is 0 Å². The number of aliphatic hydroxyl groups is 1. The zero-order valence-corrected chi connectivity index (χ0v) is 9.47. The van der Waals surface area contributed by atoms with Gasteiger partial charge in [0.1, 0.15) is 0 Å². The summed E-state index contributed by atoms with van der Waals surface area (Å²) in [5.41, 5.74) is 0. The van der Waals surface area contributed by atoms with E-state index < -0.39 is 29.9 Å². The molecule has 0 bridgehead atoms. The standard InChI is InChI=1S/C10H16N2O5/c1-5(13)8(10(16)17)12-9(15)6-2-3-7(14)11-4-6/h5-6,8,13H,2-4H2,1H3,(H,11,14)(H,12,15)(H,16,17). The Morgan fingerprint density at radius 3 is 2.59 bits per heavy atom. The molecular formula is C10H16N2O5. The van der Waals surface area contributed by atoms with Crippen LogP contribution in [0, 0.1) is 5.92 Å². The van der Waals surface area contributed by atoms with Gasteiger partial charge in [-0.3, -0.25) is 9.59 Å². The van der Waals surface area contributed by atoms with Gasteiger partial charge in [0.2, 0.25) is 11.8 Å². The third-order valence-electron chi connectivity index (χ3n) is 2.68. The molecule has 3 unspecified atom stereocenters. The number of amides is 2. The first-order valence-corrected chi connectivity index (χ1v) is 5.39. The van der Waals surface area contributed by atoms with Gasteiger partial charge in [0.05, 0.1) is 12.0 Å². The number of hydrogen-bond acceptors (Lipinski definition) is 4. The Balaban J connectivity index is 2.53. The van der Waals surface area contributed by atoms with E-state index in [1.54, 1.807) is 0 Å². The second-order valence-electron chi connectivity index (χ2n) is 4.10. The van der Waals surface area contributed by atoms with Gasteiger partial charge in [0.15, 0.2) is 6.04 Å². The van der Waals surface area contributed by atoms with Crippen molar-refractivity contribution in [3.05, 3.63) is 0 Å². The molecule has 0 spiro atoms. The monoisotopic (exact) mass is 244 g/mol. The van der Waals surface area contributed by atoms with Crippen molar-refractivity contribution in [3.8, 4) is 0 Å². The Hall–Kier alpha value is -1.63. The number of nitrogens with one attached hydrogen (secondary N) is 2. The van der Waals surface area contributed by atoms with Gasteiger partial charge >= 0.3 is 5.97 Å². The van der Waals surface area contributed by atoms with Crippen LogP contribution in [0.2, 0.25) is 0 Å². The molecule has 0 aromatic heterocycles. The van der Waals surface area contributed by atoms with Crippen LogP contribution < -0.4 is 10.6 Å². The molecule has 0 radical (unpaired) electrons. The predicted molar refractivity (Wildman–Crippen MR) is 57.0 cm³/mol. The molecule has 96 valence electrons. The van der Waals surface area contributed by atoms with Crippen LogP contribution >= 0.6 is 0 Å². The lowest BCUT2D eigenvalue weighted by atomic mass is 9.97. The van der Waals surface area contributed by atoms with Gasteiger partial charge < -0.3 is 20.8 Å². The van der Waals surface area contributed by atoms with E-state index in [0.717, 1.165) is 0 Å². The number of aliphatic hydroxyl groups excluding tert-OH is 1. The summed E-state index contributed by atoms with van der Waals surface area (Å²) in [6.45, 7) is 1.50. The fourth-order valence-corrected chi connectivity index (χ4v) is 1.62. The molecule has 0 aromatic carbocycles. The van der Waals surface area contributed by atoms with Crippen molar-refractivity contribution in [2.75, 3.05) is 6.54 Å². The Morgan fingerprint density at radius 1 is 1.53 bits per heavy atom. The lowest BCUT2D eigenvalue weighted by Gasteiger charge is -2.24. The largest absolute Gasteiger partial charge is 0.480 e. The first kappa shape index (κ1) is 13.4. The highest BCUT2D eigenvalue weighted by Crippen LogP contribution is 2.11. The topological polar surface area (TPSA) is 116 Å². The second kappa shape index (κ2) is 5.62. The fourth-order valence-electron chi connectivity index (χ4n) is 1.62. The summed E-state index contributed by atoms with van der Waals surface area (Å²) in [6.07, 6.45) is -0.524. The Kier molecular flexibility index (Phi) is 4.45.